The van der Waals surface area contributed by atoms with Crippen molar-refractivity contribution < 1.29 is 19.0 Å². The Morgan fingerprint density at radius 2 is 1.85 bits per heavy atom. The minimum absolute atomic E-state index is 0.183. The van der Waals surface area contributed by atoms with E-state index in [-0.39, 0.29) is 19.0 Å². The number of nitrogens with zero attached hydrogens (tertiary/aromatic N) is 2. The van der Waals surface area contributed by atoms with Gasteiger partial charge in [0.15, 0.2) is 0 Å². The first-order valence-corrected chi connectivity index (χ1v) is 6.56. The summed E-state index contributed by atoms with van der Waals surface area (Å²) in [5, 5.41) is 4.09. The fourth-order valence-electron chi connectivity index (χ4n) is 1.21. The molecule has 114 valence electrons. The number of hydrogen-bond donors (Lipinski definition) is 0. The van der Waals surface area contributed by atoms with Crippen LogP contribution in [0, 0.1) is 0 Å². The quantitative estimate of drug-likeness (QED) is 0.628. The van der Waals surface area contributed by atoms with Gasteiger partial charge < -0.3 is 14.2 Å². The first-order chi connectivity index (χ1) is 9.07. The Morgan fingerprint density at radius 1 is 1.20 bits per heavy atom. The van der Waals surface area contributed by atoms with E-state index in [4.69, 9.17) is 14.2 Å². The fourth-order valence-corrected chi connectivity index (χ4v) is 1.21. The Bertz CT molecular complexity index is 441. The molecule has 0 fully saturated rings. The average molecular weight is 284 g/mol. The molecule has 0 aromatic carbocycles. The summed E-state index contributed by atoms with van der Waals surface area (Å²) in [6, 6.07) is 1.71. The number of carbonyl (C=O) groups is 1. The van der Waals surface area contributed by atoms with Gasteiger partial charge in [0.1, 0.15) is 12.4 Å². The summed E-state index contributed by atoms with van der Waals surface area (Å²) in [7, 11) is 0. The van der Waals surface area contributed by atoms with Gasteiger partial charge >= 0.3 is 6.09 Å². The number of aromatic nitrogens is 2. The van der Waals surface area contributed by atoms with Crippen molar-refractivity contribution in [1.82, 2.24) is 9.78 Å². The Kier molecular flexibility index (Phi) is 5.30. The van der Waals surface area contributed by atoms with E-state index in [1.807, 2.05) is 41.5 Å². The standard InChI is InChI=1S/C14H24N2O4/c1-13(2,3)19-10-18-9-11-7-8-16(15-11)12(17)20-14(4,5)6/h7-8H,9-10H2,1-6H3. The van der Waals surface area contributed by atoms with Crippen LogP contribution >= 0.6 is 0 Å². The van der Waals surface area contributed by atoms with Crippen molar-refractivity contribution in [3.63, 3.8) is 0 Å². The summed E-state index contributed by atoms with van der Waals surface area (Å²) >= 11 is 0. The molecule has 0 aliphatic heterocycles. The smallest absolute Gasteiger partial charge is 0.435 e. The largest absolute Gasteiger partial charge is 0.442 e. The SMILES string of the molecule is CC(C)(C)OCOCc1ccn(C(=O)OC(C)(C)C)n1. The zero-order chi connectivity index (χ0) is 15.4. The molecule has 6 nitrogen and oxygen atoms in total. The molecule has 0 radical (unpaired) electrons. The minimum atomic E-state index is -0.541. The van der Waals surface area contributed by atoms with Gasteiger partial charge in [0.25, 0.3) is 0 Å². The van der Waals surface area contributed by atoms with E-state index >= 15 is 0 Å². The van der Waals surface area contributed by atoms with Crippen LogP contribution in [-0.4, -0.2) is 33.9 Å². The Hall–Kier alpha value is -1.40. The summed E-state index contributed by atoms with van der Waals surface area (Å²) in [6.45, 7) is 11.7. The molecule has 0 unspecified atom stereocenters. The second-order valence-electron chi connectivity index (χ2n) is 6.46. The number of hydrogen-bond acceptors (Lipinski definition) is 5. The molecule has 0 aliphatic rings. The van der Waals surface area contributed by atoms with Crippen molar-refractivity contribution >= 4 is 6.09 Å². The van der Waals surface area contributed by atoms with Crippen LogP contribution in [0.2, 0.25) is 0 Å². The highest BCUT2D eigenvalue weighted by Gasteiger charge is 2.18. The summed E-state index contributed by atoms with van der Waals surface area (Å²) in [6.07, 6.45) is 1.05. The lowest BCUT2D eigenvalue weighted by molar-refractivity contribution is -0.125. The van der Waals surface area contributed by atoms with E-state index in [1.54, 1.807) is 12.3 Å². The second kappa shape index (κ2) is 6.37. The van der Waals surface area contributed by atoms with Gasteiger partial charge in [0.2, 0.25) is 0 Å². The lowest BCUT2D eigenvalue weighted by Gasteiger charge is -2.19. The van der Waals surface area contributed by atoms with Crippen molar-refractivity contribution in [3.8, 4) is 0 Å². The van der Waals surface area contributed by atoms with Crippen molar-refractivity contribution in [1.29, 1.82) is 0 Å². The van der Waals surface area contributed by atoms with Gasteiger partial charge in [0, 0.05) is 6.20 Å². The Morgan fingerprint density at radius 3 is 2.40 bits per heavy atom. The molecule has 0 saturated heterocycles. The summed E-state index contributed by atoms with van der Waals surface area (Å²) in [5.74, 6) is 0. The molecule has 0 N–H and O–H groups in total. The normalized spacial score (nSPS) is 12.5. The minimum Gasteiger partial charge on any atom is -0.442 e. The molecule has 0 amide bonds. The fraction of sp³-hybridized carbons (Fsp3) is 0.714. The lowest BCUT2D eigenvalue weighted by atomic mass is 10.2. The molecule has 0 bridgehead atoms. The van der Waals surface area contributed by atoms with Gasteiger partial charge in [-0.15, -0.1) is 0 Å². The van der Waals surface area contributed by atoms with Gasteiger partial charge in [-0.25, -0.2) is 4.79 Å². The highest BCUT2D eigenvalue weighted by atomic mass is 16.7. The maximum atomic E-state index is 11.7. The van der Waals surface area contributed by atoms with Gasteiger partial charge in [-0.05, 0) is 47.6 Å². The molecule has 1 heterocycles. The van der Waals surface area contributed by atoms with Gasteiger partial charge in [-0.1, -0.05) is 0 Å². The monoisotopic (exact) mass is 284 g/mol. The summed E-state index contributed by atoms with van der Waals surface area (Å²) < 4.78 is 17.1. The molecule has 0 saturated carbocycles. The molecule has 1 aromatic rings. The topological polar surface area (TPSA) is 62.6 Å². The Labute approximate surface area is 120 Å². The first-order valence-electron chi connectivity index (χ1n) is 6.56. The predicted octanol–water partition coefficient (Wildman–Crippen LogP) is 2.96. The van der Waals surface area contributed by atoms with Crippen LogP contribution in [-0.2, 0) is 20.8 Å². The van der Waals surface area contributed by atoms with Crippen LogP contribution in [0.3, 0.4) is 0 Å². The zero-order valence-corrected chi connectivity index (χ0v) is 13.1. The third kappa shape index (κ3) is 6.68. The first kappa shape index (κ1) is 16.7. The van der Waals surface area contributed by atoms with E-state index in [0.29, 0.717) is 5.69 Å². The number of rotatable bonds is 4. The molecule has 0 spiro atoms. The molecule has 1 rings (SSSR count). The number of carbonyl (C=O) groups excluding carboxylic acids is 1. The van der Waals surface area contributed by atoms with Gasteiger partial charge in [-0.3, -0.25) is 0 Å². The average Bonchev–Trinajstić information content (AvgIpc) is 2.69. The van der Waals surface area contributed by atoms with E-state index in [2.05, 4.69) is 5.10 Å². The maximum absolute atomic E-state index is 11.7. The maximum Gasteiger partial charge on any atom is 0.435 e. The van der Waals surface area contributed by atoms with Crippen LogP contribution in [0.4, 0.5) is 4.79 Å². The van der Waals surface area contributed by atoms with Crippen molar-refractivity contribution in [2.75, 3.05) is 6.79 Å². The molecule has 6 heteroatoms. The highest BCUT2D eigenvalue weighted by molar-refractivity contribution is 5.69. The van der Waals surface area contributed by atoms with E-state index < -0.39 is 11.7 Å². The van der Waals surface area contributed by atoms with Crippen molar-refractivity contribution in [3.05, 3.63) is 18.0 Å². The predicted molar refractivity (Wildman–Crippen MR) is 74.4 cm³/mol. The van der Waals surface area contributed by atoms with Crippen LogP contribution in [0.5, 0.6) is 0 Å². The third-order valence-corrected chi connectivity index (χ3v) is 2.05. The van der Waals surface area contributed by atoms with E-state index in [9.17, 15) is 4.79 Å². The highest BCUT2D eigenvalue weighted by Crippen LogP contribution is 2.10. The van der Waals surface area contributed by atoms with Crippen LogP contribution in [0.25, 0.3) is 0 Å². The molecular formula is C14H24N2O4. The zero-order valence-electron chi connectivity index (χ0n) is 13.1. The number of ether oxygens (including phenoxy) is 3. The second-order valence-corrected chi connectivity index (χ2v) is 6.46. The molecule has 0 aliphatic carbocycles. The third-order valence-electron chi connectivity index (χ3n) is 2.05. The molecular weight excluding hydrogens is 260 g/mol. The van der Waals surface area contributed by atoms with Crippen LogP contribution < -0.4 is 0 Å². The van der Waals surface area contributed by atoms with E-state index in [0.717, 1.165) is 4.68 Å². The van der Waals surface area contributed by atoms with Gasteiger partial charge in [-0.2, -0.15) is 9.78 Å². The lowest BCUT2D eigenvalue weighted by Crippen LogP contribution is -2.27. The van der Waals surface area contributed by atoms with E-state index in [1.165, 1.54) is 0 Å². The van der Waals surface area contributed by atoms with Crippen LogP contribution in [0.1, 0.15) is 47.2 Å². The Balaban J connectivity index is 2.42. The van der Waals surface area contributed by atoms with Crippen molar-refractivity contribution in [2.45, 2.75) is 59.4 Å². The molecule has 20 heavy (non-hydrogen) atoms. The molecule has 1 aromatic heterocycles. The van der Waals surface area contributed by atoms with Crippen molar-refractivity contribution in [2.24, 2.45) is 0 Å². The van der Waals surface area contributed by atoms with Gasteiger partial charge in [0.05, 0.1) is 17.9 Å². The summed E-state index contributed by atoms with van der Waals surface area (Å²) in [4.78, 5) is 11.7. The van der Waals surface area contributed by atoms with Crippen LogP contribution in [0.15, 0.2) is 12.3 Å². The summed E-state index contributed by atoms with van der Waals surface area (Å²) in [5.41, 5.74) is -0.135. The molecule has 0 atom stereocenters.